The normalized spacial score (nSPS) is 11.6. The Morgan fingerprint density at radius 2 is 1.53 bits per heavy atom. The summed E-state index contributed by atoms with van der Waals surface area (Å²) in [5.74, 6) is -0.961. The predicted molar refractivity (Wildman–Crippen MR) is 125 cm³/mol. The van der Waals surface area contributed by atoms with E-state index in [4.69, 9.17) is 11.6 Å². The van der Waals surface area contributed by atoms with Crippen LogP contribution in [0.4, 0.5) is 10.1 Å². The lowest BCUT2D eigenvalue weighted by Gasteiger charge is -2.24. The van der Waals surface area contributed by atoms with Crippen LogP contribution in [-0.2, 0) is 21.4 Å². The van der Waals surface area contributed by atoms with E-state index in [1.54, 1.807) is 50.2 Å². The SMILES string of the molecule is Cc1cc(C)c(S(=O)(=O)N(CC(=O)Nc2ccc(F)cc2)Cc2ccc(Cl)cc2)c(C)c1. The zero-order chi connectivity index (χ0) is 23.5. The summed E-state index contributed by atoms with van der Waals surface area (Å²) >= 11 is 5.95. The number of rotatable bonds is 7. The number of hydrogen-bond donors (Lipinski definition) is 1. The smallest absolute Gasteiger partial charge is 0.244 e. The Morgan fingerprint density at radius 3 is 2.09 bits per heavy atom. The second kappa shape index (κ2) is 9.81. The Morgan fingerprint density at radius 1 is 0.969 bits per heavy atom. The first kappa shape index (κ1) is 23.9. The summed E-state index contributed by atoms with van der Waals surface area (Å²) in [5, 5.41) is 3.15. The molecule has 0 atom stereocenters. The lowest BCUT2D eigenvalue weighted by molar-refractivity contribution is -0.116. The molecule has 0 aliphatic heterocycles. The van der Waals surface area contributed by atoms with E-state index in [1.807, 2.05) is 6.92 Å². The Balaban J connectivity index is 1.95. The van der Waals surface area contributed by atoms with Crippen LogP contribution in [0.3, 0.4) is 0 Å². The van der Waals surface area contributed by atoms with Gasteiger partial charge < -0.3 is 5.32 Å². The fourth-order valence-corrected chi connectivity index (χ4v) is 5.54. The quantitative estimate of drug-likeness (QED) is 0.509. The minimum Gasteiger partial charge on any atom is -0.325 e. The number of amides is 1. The van der Waals surface area contributed by atoms with Crippen LogP contribution in [-0.4, -0.2) is 25.2 Å². The fourth-order valence-electron chi connectivity index (χ4n) is 3.62. The van der Waals surface area contributed by atoms with E-state index in [0.717, 1.165) is 9.87 Å². The van der Waals surface area contributed by atoms with Crippen LogP contribution in [0.5, 0.6) is 0 Å². The standard InChI is InChI=1S/C24H24ClFN2O3S/c1-16-12-17(2)24(18(3)13-16)32(30,31)28(14-19-4-6-20(25)7-5-19)15-23(29)27-22-10-8-21(26)9-11-22/h4-13H,14-15H2,1-3H3,(H,27,29). The van der Waals surface area contributed by atoms with Crippen molar-refractivity contribution in [2.24, 2.45) is 0 Å². The molecular weight excluding hydrogens is 451 g/mol. The van der Waals surface area contributed by atoms with Gasteiger partial charge in [0.05, 0.1) is 11.4 Å². The van der Waals surface area contributed by atoms with Gasteiger partial charge in [-0.1, -0.05) is 41.4 Å². The van der Waals surface area contributed by atoms with Gasteiger partial charge in [0, 0.05) is 17.3 Å². The number of aryl methyl sites for hydroxylation is 3. The van der Waals surface area contributed by atoms with Crippen LogP contribution < -0.4 is 5.32 Å². The molecule has 0 unspecified atom stereocenters. The highest BCUT2D eigenvalue weighted by molar-refractivity contribution is 7.89. The molecule has 3 rings (SSSR count). The van der Waals surface area contributed by atoms with Gasteiger partial charge in [-0.3, -0.25) is 4.79 Å². The molecule has 0 saturated carbocycles. The number of carbonyl (C=O) groups is 1. The van der Waals surface area contributed by atoms with Gasteiger partial charge in [-0.2, -0.15) is 4.31 Å². The van der Waals surface area contributed by atoms with Crippen LogP contribution >= 0.6 is 11.6 Å². The van der Waals surface area contributed by atoms with Gasteiger partial charge in [-0.25, -0.2) is 12.8 Å². The van der Waals surface area contributed by atoms with E-state index in [1.165, 1.54) is 24.3 Å². The second-order valence-corrected chi connectivity index (χ2v) is 9.99. The van der Waals surface area contributed by atoms with Gasteiger partial charge in [0.15, 0.2) is 0 Å². The second-order valence-electron chi connectivity index (χ2n) is 7.68. The van der Waals surface area contributed by atoms with Crippen molar-refractivity contribution in [2.75, 3.05) is 11.9 Å². The molecule has 8 heteroatoms. The van der Waals surface area contributed by atoms with Crippen molar-refractivity contribution < 1.29 is 17.6 Å². The molecule has 5 nitrogen and oxygen atoms in total. The van der Waals surface area contributed by atoms with Gasteiger partial charge in [-0.15, -0.1) is 0 Å². The number of nitrogens with one attached hydrogen (secondary N) is 1. The minimum atomic E-state index is -4.00. The largest absolute Gasteiger partial charge is 0.325 e. The molecular formula is C24H24ClFN2O3S. The van der Waals surface area contributed by atoms with E-state index in [0.29, 0.717) is 27.4 Å². The lowest BCUT2D eigenvalue weighted by Crippen LogP contribution is -2.38. The van der Waals surface area contributed by atoms with Crippen LogP contribution in [0.25, 0.3) is 0 Å². The molecule has 0 fully saturated rings. The van der Waals surface area contributed by atoms with Gasteiger partial charge in [-0.05, 0) is 73.9 Å². The minimum absolute atomic E-state index is 0.0108. The molecule has 0 radical (unpaired) electrons. The summed E-state index contributed by atoms with van der Waals surface area (Å²) in [7, 11) is -4.00. The van der Waals surface area contributed by atoms with Gasteiger partial charge in [0.1, 0.15) is 5.82 Å². The number of halogens is 2. The Hall–Kier alpha value is -2.74. The molecule has 0 heterocycles. The predicted octanol–water partition coefficient (Wildman–Crippen LogP) is 5.23. The number of hydrogen-bond acceptors (Lipinski definition) is 3. The average molecular weight is 475 g/mol. The molecule has 0 aromatic heterocycles. The van der Waals surface area contributed by atoms with Crippen LogP contribution in [0.15, 0.2) is 65.6 Å². The molecule has 1 amide bonds. The molecule has 3 aromatic carbocycles. The molecule has 0 spiro atoms. The van der Waals surface area contributed by atoms with E-state index in [9.17, 15) is 17.6 Å². The first-order chi connectivity index (χ1) is 15.1. The number of nitrogens with zero attached hydrogens (tertiary/aromatic N) is 1. The molecule has 0 bridgehead atoms. The maximum absolute atomic E-state index is 13.7. The molecule has 168 valence electrons. The third kappa shape index (κ3) is 5.73. The third-order valence-corrected chi connectivity index (χ3v) is 7.27. The highest BCUT2D eigenvalue weighted by atomic mass is 35.5. The number of sulfonamides is 1. The number of anilines is 1. The summed E-state index contributed by atoms with van der Waals surface area (Å²) in [4.78, 5) is 12.9. The van der Waals surface area contributed by atoms with Gasteiger partial charge >= 0.3 is 0 Å². The molecule has 32 heavy (non-hydrogen) atoms. The molecule has 0 aliphatic rings. The summed E-state index contributed by atoms with van der Waals surface area (Å²) < 4.78 is 41.6. The summed E-state index contributed by atoms with van der Waals surface area (Å²) in [6, 6.07) is 15.7. The first-order valence-corrected chi connectivity index (χ1v) is 11.8. The molecule has 0 saturated heterocycles. The molecule has 3 aromatic rings. The Kier molecular flexibility index (Phi) is 7.33. The zero-order valence-electron chi connectivity index (χ0n) is 18.0. The lowest BCUT2D eigenvalue weighted by atomic mass is 10.1. The van der Waals surface area contributed by atoms with Crippen molar-refractivity contribution >= 4 is 33.2 Å². The Labute approximate surface area is 192 Å². The summed E-state index contributed by atoms with van der Waals surface area (Å²) in [6.45, 7) is 4.97. The van der Waals surface area contributed by atoms with Crippen molar-refractivity contribution in [1.82, 2.24) is 4.31 Å². The third-order valence-electron chi connectivity index (χ3n) is 4.92. The van der Waals surface area contributed by atoms with E-state index in [2.05, 4.69) is 5.32 Å². The molecule has 0 aliphatic carbocycles. The summed E-state index contributed by atoms with van der Waals surface area (Å²) in [5.41, 5.74) is 3.25. The van der Waals surface area contributed by atoms with Crippen LogP contribution in [0.2, 0.25) is 5.02 Å². The van der Waals surface area contributed by atoms with Crippen molar-refractivity contribution in [1.29, 1.82) is 0 Å². The van der Waals surface area contributed by atoms with Crippen LogP contribution in [0, 0.1) is 26.6 Å². The monoisotopic (exact) mass is 474 g/mol. The van der Waals surface area contributed by atoms with Crippen molar-refractivity contribution in [2.45, 2.75) is 32.2 Å². The Bertz CT molecular complexity index is 1200. The highest BCUT2D eigenvalue weighted by Crippen LogP contribution is 2.27. The van der Waals surface area contributed by atoms with Gasteiger partial charge in [0.25, 0.3) is 0 Å². The van der Waals surface area contributed by atoms with E-state index < -0.39 is 28.3 Å². The van der Waals surface area contributed by atoms with Crippen molar-refractivity contribution in [3.63, 3.8) is 0 Å². The summed E-state index contributed by atoms with van der Waals surface area (Å²) in [6.07, 6.45) is 0. The topological polar surface area (TPSA) is 66.5 Å². The average Bonchev–Trinajstić information content (AvgIpc) is 2.70. The fraction of sp³-hybridized carbons (Fsp3) is 0.208. The van der Waals surface area contributed by atoms with Crippen molar-refractivity contribution in [3.05, 3.63) is 93.8 Å². The number of carbonyl (C=O) groups excluding carboxylic acids is 1. The van der Waals surface area contributed by atoms with Gasteiger partial charge in [0.2, 0.25) is 15.9 Å². The molecule has 1 N–H and O–H groups in total. The maximum atomic E-state index is 13.7. The first-order valence-electron chi connectivity index (χ1n) is 9.94. The van der Waals surface area contributed by atoms with Crippen LogP contribution in [0.1, 0.15) is 22.3 Å². The van der Waals surface area contributed by atoms with Crippen molar-refractivity contribution in [3.8, 4) is 0 Å². The number of benzene rings is 3. The highest BCUT2D eigenvalue weighted by Gasteiger charge is 2.30. The zero-order valence-corrected chi connectivity index (χ0v) is 19.6. The van der Waals surface area contributed by atoms with E-state index in [-0.39, 0.29) is 11.4 Å². The van der Waals surface area contributed by atoms with E-state index >= 15 is 0 Å². The maximum Gasteiger partial charge on any atom is 0.244 e.